The summed E-state index contributed by atoms with van der Waals surface area (Å²) < 4.78 is 29.4. The number of hydrogen-bond donors (Lipinski definition) is 2. The molecule has 0 saturated heterocycles. The van der Waals surface area contributed by atoms with Crippen molar-refractivity contribution in [3.8, 4) is 11.5 Å². The highest BCUT2D eigenvalue weighted by Gasteiger charge is 2.16. The number of benzene rings is 2. The molecule has 2 aromatic rings. The van der Waals surface area contributed by atoms with Crippen LogP contribution in [0.5, 0.6) is 11.5 Å². The summed E-state index contributed by atoms with van der Waals surface area (Å²) in [5.41, 5.74) is 1.83. The summed E-state index contributed by atoms with van der Waals surface area (Å²) >= 11 is 0. The summed E-state index contributed by atoms with van der Waals surface area (Å²) in [6, 6.07) is 11.8. The number of ether oxygens (including phenoxy) is 3. The molecule has 2 unspecified atom stereocenters. The third kappa shape index (κ3) is 5.60. The van der Waals surface area contributed by atoms with Gasteiger partial charge in [-0.15, -0.1) is 0 Å². The fraction of sp³-hybridized carbons (Fsp3) is 0.381. The van der Waals surface area contributed by atoms with Gasteiger partial charge >= 0.3 is 0 Å². The summed E-state index contributed by atoms with van der Waals surface area (Å²) in [4.78, 5) is 4.27. The maximum atomic E-state index is 13.1. The largest absolute Gasteiger partial charge is 0.497 e. The first-order chi connectivity index (χ1) is 13.5. The van der Waals surface area contributed by atoms with E-state index in [0.29, 0.717) is 12.5 Å². The maximum absolute atomic E-state index is 13.1. The van der Waals surface area contributed by atoms with Gasteiger partial charge in [0.25, 0.3) is 0 Å². The SMILES string of the molecule is CN=C(NCC(OC)c1ccc(F)cc1)NC(C)c1cc(OC)ccc1OC. The molecule has 7 heteroatoms. The van der Waals surface area contributed by atoms with Gasteiger partial charge in [0, 0.05) is 26.3 Å². The van der Waals surface area contributed by atoms with Crippen molar-refractivity contribution in [1.29, 1.82) is 0 Å². The summed E-state index contributed by atoms with van der Waals surface area (Å²) in [6.45, 7) is 2.49. The van der Waals surface area contributed by atoms with E-state index in [1.165, 1.54) is 12.1 Å². The Kier molecular flexibility index (Phi) is 8.07. The second-order valence-corrected chi connectivity index (χ2v) is 6.20. The molecule has 28 heavy (non-hydrogen) atoms. The monoisotopic (exact) mass is 389 g/mol. The molecular formula is C21H28FN3O3. The predicted molar refractivity (Wildman–Crippen MR) is 109 cm³/mol. The van der Waals surface area contributed by atoms with Crippen molar-refractivity contribution in [2.75, 3.05) is 34.9 Å². The maximum Gasteiger partial charge on any atom is 0.191 e. The molecule has 2 rings (SSSR count). The Bertz CT molecular complexity index is 781. The Hall–Kier alpha value is -2.80. The summed E-state index contributed by atoms with van der Waals surface area (Å²) in [7, 11) is 6.59. The zero-order valence-corrected chi connectivity index (χ0v) is 17.0. The van der Waals surface area contributed by atoms with E-state index in [0.717, 1.165) is 22.6 Å². The normalized spacial score (nSPS) is 13.6. The highest BCUT2D eigenvalue weighted by molar-refractivity contribution is 5.80. The average molecular weight is 389 g/mol. The molecule has 0 aliphatic carbocycles. The topological polar surface area (TPSA) is 64.1 Å². The van der Waals surface area contributed by atoms with Crippen molar-refractivity contribution in [2.24, 2.45) is 4.99 Å². The summed E-state index contributed by atoms with van der Waals surface area (Å²) in [5.74, 6) is 1.85. The summed E-state index contributed by atoms with van der Waals surface area (Å²) in [5, 5.41) is 6.59. The fourth-order valence-electron chi connectivity index (χ4n) is 2.86. The van der Waals surface area contributed by atoms with Gasteiger partial charge in [-0.1, -0.05) is 12.1 Å². The van der Waals surface area contributed by atoms with Crippen LogP contribution >= 0.6 is 0 Å². The van der Waals surface area contributed by atoms with E-state index < -0.39 is 0 Å². The van der Waals surface area contributed by atoms with E-state index in [4.69, 9.17) is 14.2 Å². The molecule has 0 aliphatic heterocycles. The standard InChI is InChI=1S/C21H28FN3O3/c1-14(18-12-17(26-3)10-11-19(18)27-4)25-21(23-2)24-13-20(28-5)15-6-8-16(22)9-7-15/h6-12,14,20H,13H2,1-5H3,(H2,23,24,25). The number of halogens is 1. The molecule has 0 aromatic heterocycles. The highest BCUT2D eigenvalue weighted by Crippen LogP contribution is 2.29. The van der Waals surface area contributed by atoms with E-state index >= 15 is 0 Å². The molecular weight excluding hydrogens is 361 g/mol. The van der Waals surface area contributed by atoms with Crippen LogP contribution in [0, 0.1) is 5.82 Å². The van der Waals surface area contributed by atoms with Crippen LogP contribution in [0.1, 0.15) is 30.2 Å². The van der Waals surface area contributed by atoms with Crippen molar-refractivity contribution in [3.05, 3.63) is 59.4 Å². The Labute approximate surface area is 165 Å². The second-order valence-electron chi connectivity index (χ2n) is 6.20. The molecule has 2 atom stereocenters. The molecule has 0 bridgehead atoms. The van der Waals surface area contributed by atoms with Crippen molar-refractivity contribution in [1.82, 2.24) is 10.6 Å². The third-order valence-electron chi connectivity index (χ3n) is 4.46. The number of nitrogens with one attached hydrogen (secondary N) is 2. The molecule has 2 N–H and O–H groups in total. The van der Waals surface area contributed by atoms with Gasteiger partial charge in [-0.05, 0) is 42.8 Å². The fourth-order valence-corrected chi connectivity index (χ4v) is 2.86. The summed E-state index contributed by atoms with van der Waals surface area (Å²) in [6.07, 6.45) is -0.235. The van der Waals surface area contributed by atoms with Crippen LogP contribution < -0.4 is 20.1 Å². The minimum absolute atomic E-state index is 0.0805. The first kappa shape index (κ1) is 21.5. The van der Waals surface area contributed by atoms with Crippen LogP contribution in [0.2, 0.25) is 0 Å². The Balaban J connectivity index is 2.04. The lowest BCUT2D eigenvalue weighted by molar-refractivity contribution is 0.106. The molecule has 0 heterocycles. The third-order valence-corrected chi connectivity index (χ3v) is 4.46. The van der Waals surface area contributed by atoms with Crippen molar-refractivity contribution in [3.63, 3.8) is 0 Å². The minimum atomic E-state index is -0.273. The molecule has 0 fully saturated rings. The van der Waals surface area contributed by atoms with Crippen molar-refractivity contribution >= 4 is 5.96 Å². The van der Waals surface area contributed by atoms with E-state index in [1.807, 2.05) is 25.1 Å². The molecule has 0 amide bonds. The Morgan fingerprint density at radius 1 is 1.07 bits per heavy atom. The van der Waals surface area contributed by atoms with Crippen molar-refractivity contribution < 1.29 is 18.6 Å². The van der Waals surface area contributed by atoms with Gasteiger partial charge in [0.15, 0.2) is 5.96 Å². The van der Waals surface area contributed by atoms with Gasteiger partial charge in [0.2, 0.25) is 0 Å². The van der Waals surface area contributed by atoms with Crippen LogP contribution in [0.15, 0.2) is 47.5 Å². The minimum Gasteiger partial charge on any atom is -0.497 e. The molecule has 0 radical (unpaired) electrons. The van der Waals surface area contributed by atoms with Gasteiger partial charge in [-0.25, -0.2) is 4.39 Å². The van der Waals surface area contributed by atoms with Gasteiger partial charge in [-0.3, -0.25) is 4.99 Å². The molecule has 152 valence electrons. The quantitative estimate of drug-likeness (QED) is 0.535. The molecule has 0 spiro atoms. The van der Waals surface area contributed by atoms with Crippen LogP contribution in [0.3, 0.4) is 0 Å². The second kappa shape index (κ2) is 10.5. The molecule has 6 nitrogen and oxygen atoms in total. The number of methoxy groups -OCH3 is 3. The lowest BCUT2D eigenvalue weighted by Gasteiger charge is -2.23. The van der Waals surface area contributed by atoms with Crippen LogP contribution in [-0.4, -0.2) is 40.9 Å². The number of hydrogen-bond acceptors (Lipinski definition) is 4. The van der Waals surface area contributed by atoms with Crippen molar-refractivity contribution in [2.45, 2.75) is 19.1 Å². The van der Waals surface area contributed by atoms with E-state index in [2.05, 4.69) is 15.6 Å². The van der Waals surface area contributed by atoms with E-state index in [-0.39, 0.29) is 18.0 Å². The lowest BCUT2D eigenvalue weighted by Crippen LogP contribution is -2.40. The first-order valence-electron chi connectivity index (χ1n) is 8.99. The molecule has 2 aromatic carbocycles. The molecule has 0 saturated carbocycles. The van der Waals surface area contributed by atoms with Gasteiger partial charge in [0.1, 0.15) is 17.3 Å². The van der Waals surface area contributed by atoms with Gasteiger partial charge < -0.3 is 24.8 Å². The van der Waals surface area contributed by atoms with Gasteiger partial charge in [-0.2, -0.15) is 0 Å². The lowest BCUT2D eigenvalue weighted by atomic mass is 10.1. The average Bonchev–Trinajstić information content (AvgIpc) is 2.73. The smallest absolute Gasteiger partial charge is 0.191 e. The van der Waals surface area contributed by atoms with Crippen LogP contribution in [0.25, 0.3) is 0 Å². The zero-order chi connectivity index (χ0) is 20.5. The Morgan fingerprint density at radius 2 is 1.79 bits per heavy atom. The van der Waals surface area contributed by atoms with Crippen LogP contribution in [-0.2, 0) is 4.74 Å². The zero-order valence-electron chi connectivity index (χ0n) is 17.0. The number of guanidine groups is 1. The predicted octanol–water partition coefficient (Wildman–Crippen LogP) is 3.46. The highest BCUT2D eigenvalue weighted by atomic mass is 19.1. The number of nitrogens with zero attached hydrogens (tertiary/aromatic N) is 1. The van der Waals surface area contributed by atoms with Gasteiger partial charge in [0.05, 0.1) is 26.4 Å². The Morgan fingerprint density at radius 3 is 2.36 bits per heavy atom. The number of aliphatic imine (C=N–C) groups is 1. The molecule has 0 aliphatic rings. The van der Waals surface area contributed by atoms with E-state index in [1.54, 1.807) is 40.5 Å². The number of rotatable bonds is 8. The van der Waals surface area contributed by atoms with Crippen LogP contribution in [0.4, 0.5) is 4.39 Å². The first-order valence-corrected chi connectivity index (χ1v) is 8.99. The van der Waals surface area contributed by atoms with E-state index in [9.17, 15) is 4.39 Å².